The number of rotatable bonds is 2. The van der Waals surface area contributed by atoms with E-state index in [1.54, 1.807) is 13.2 Å². The first-order valence-corrected chi connectivity index (χ1v) is 5.43. The highest BCUT2D eigenvalue weighted by atomic mass is 35.5. The number of hydrogen-bond acceptors (Lipinski definition) is 4. The average molecular weight is 246 g/mol. The van der Waals surface area contributed by atoms with Crippen molar-refractivity contribution in [3.05, 3.63) is 15.5 Å². The molecule has 1 saturated heterocycles. The fourth-order valence-electron chi connectivity index (χ4n) is 1.34. The standard InChI is InChI=1S/C8H8ClN3O2S/c1-11-4-6(13)12(8(11)14)3-5-2-10-7(9)15-5/h2H,3-4H2,1H3. The van der Waals surface area contributed by atoms with Gasteiger partial charge in [0.05, 0.1) is 6.54 Å². The van der Waals surface area contributed by atoms with Crippen LogP contribution in [-0.4, -0.2) is 40.3 Å². The van der Waals surface area contributed by atoms with Crippen molar-refractivity contribution in [2.45, 2.75) is 6.54 Å². The van der Waals surface area contributed by atoms with Crippen LogP contribution in [-0.2, 0) is 11.3 Å². The maximum absolute atomic E-state index is 11.5. The van der Waals surface area contributed by atoms with Gasteiger partial charge in [0.1, 0.15) is 6.54 Å². The molecule has 0 N–H and O–H groups in total. The summed E-state index contributed by atoms with van der Waals surface area (Å²) in [4.78, 5) is 30.2. The maximum atomic E-state index is 11.5. The summed E-state index contributed by atoms with van der Waals surface area (Å²) in [5.41, 5.74) is 0. The molecule has 0 spiro atoms. The molecule has 3 amide bonds. The Labute approximate surface area is 95.3 Å². The van der Waals surface area contributed by atoms with Crippen LogP contribution in [0.5, 0.6) is 0 Å². The molecule has 0 bridgehead atoms. The number of halogens is 1. The van der Waals surface area contributed by atoms with Crippen molar-refractivity contribution in [1.29, 1.82) is 0 Å². The van der Waals surface area contributed by atoms with Crippen LogP contribution in [0, 0.1) is 0 Å². The van der Waals surface area contributed by atoms with Crippen molar-refractivity contribution >= 4 is 34.9 Å². The number of aromatic nitrogens is 1. The van der Waals surface area contributed by atoms with Gasteiger partial charge < -0.3 is 4.90 Å². The molecule has 2 heterocycles. The number of likely N-dealkylation sites (N-methyl/N-ethyl adjacent to an activating group) is 1. The summed E-state index contributed by atoms with van der Waals surface area (Å²) in [6.45, 7) is 0.401. The second kappa shape index (κ2) is 3.79. The van der Waals surface area contributed by atoms with Crippen LogP contribution in [0.25, 0.3) is 0 Å². The lowest BCUT2D eigenvalue weighted by atomic mass is 10.5. The fourth-order valence-corrected chi connectivity index (χ4v) is 2.30. The third kappa shape index (κ3) is 1.95. The number of amides is 3. The van der Waals surface area contributed by atoms with E-state index in [2.05, 4.69) is 4.98 Å². The van der Waals surface area contributed by atoms with Crippen LogP contribution in [0.1, 0.15) is 4.88 Å². The van der Waals surface area contributed by atoms with Crippen LogP contribution in [0.3, 0.4) is 0 Å². The predicted molar refractivity (Wildman–Crippen MR) is 55.7 cm³/mol. The van der Waals surface area contributed by atoms with Crippen molar-refractivity contribution in [3.63, 3.8) is 0 Å². The summed E-state index contributed by atoms with van der Waals surface area (Å²) in [5.74, 6) is -0.188. The number of carbonyl (C=O) groups is 2. The second-order valence-corrected chi connectivity index (χ2v) is 4.90. The first kappa shape index (κ1) is 10.4. The summed E-state index contributed by atoms with van der Waals surface area (Å²) < 4.78 is 0.414. The zero-order valence-electron chi connectivity index (χ0n) is 7.94. The summed E-state index contributed by atoms with van der Waals surface area (Å²) in [5, 5.41) is 0. The van der Waals surface area contributed by atoms with Gasteiger partial charge in [0.25, 0.3) is 5.91 Å². The molecule has 1 aliphatic rings. The van der Waals surface area contributed by atoms with Crippen LogP contribution in [0.15, 0.2) is 6.20 Å². The second-order valence-electron chi connectivity index (χ2n) is 3.20. The highest BCUT2D eigenvalue weighted by molar-refractivity contribution is 7.15. The molecular formula is C8H8ClN3O2S. The Kier molecular flexibility index (Phi) is 2.62. The zero-order valence-corrected chi connectivity index (χ0v) is 9.51. The van der Waals surface area contributed by atoms with E-state index >= 15 is 0 Å². The number of nitrogens with zero attached hydrogens (tertiary/aromatic N) is 3. The molecule has 1 aromatic rings. The number of imide groups is 1. The monoisotopic (exact) mass is 245 g/mol. The third-order valence-corrected chi connectivity index (χ3v) is 3.17. The maximum Gasteiger partial charge on any atom is 0.327 e. The molecule has 80 valence electrons. The minimum Gasteiger partial charge on any atom is -0.318 e. The largest absolute Gasteiger partial charge is 0.327 e. The highest BCUT2D eigenvalue weighted by Gasteiger charge is 2.33. The minimum absolute atomic E-state index is 0.144. The van der Waals surface area contributed by atoms with Gasteiger partial charge in [-0.1, -0.05) is 11.6 Å². The lowest BCUT2D eigenvalue weighted by Gasteiger charge is -2.11. The van der Waals surface area contributed by atoms with E-state index in [1.165, 1.54) is 21.1 Å². The zero-order chi connectivity index (χ0) is 11.0. The molecule has 0 unspecified atom stereocenters. The minimum atomic E-state index is -0.274. The van der Waals surface area contributed by atoms with Crippen molar-refractivity contribution in [2.75, 3.05) is 13.6 Å². The number of thiazole rings is 1. The van der Waals surface area contributed by atoms with Gasteiger partial charge in [0.15, 0.2) is 4.47 Å². The Morgan fingerprint density at radius 2 is 2.33 bits per heavy atom. The molecule has 15 heavy (non-hydrogen) atoms. The lowest BCUT2D eigenvalue weighted by Crippen LogP contribution is -2.30. The Bertz CT molecular complexity index is 420. The van der Waals surface area contributed by atoms with Crippen LogP contribution >= 0.6 is 22.9 Å². The van der Waals surface area contributed by atoms with E-state index in [9.17, 15) is 9.59 Å². The Morgan fingerprint density at radius 3 is 2.80 bits per heavy atom. The van der Waals surface area contributed by atoms with Gasteiger partial charge in [-0.2, -0.15) is 0 Å². The van der Waals surface area contributed by atoms with Gasteiger partial charge in [-0.05, 0) is 0 Å². The topological polar surface area (TPSA) is 53.5 Å². The van der Waals surface area contributed by atoms with Crippen LogP contribution in [0.2, 0.25) is 4.47 Å². The number of hydrogen-bond donors (Lipinski definition) is 0. The average Bonchev–Trinajstić information content (AvgIpc) is 2.67. The van der Waals surface area contributed by atoms with E-state index in [0.717, 1.165) is 4.88 Å². The van der Waals surface area contributed by atoms with E-state index in [4.69, 9.17) is 11.6 Å². The smallest absolute Gasteiger partial charge is 0.318 e. The molecule has 0 aromatic carbocycles. The Balaban J connectivity index is 2.12. The fraction of sp³-hybridized carbons (Fsp3) is 0.375. The highest BCUT2D eigenvalue weighted by Crippen LogP contribution is 2.21. The van der Waals surface area contributed by atoms with Gasteiger partial charge in [0.2, 0.25) is 0 Å². The van der Waals surface area contributed by atoms with Crippen LogP contribution < -0.4 is 0 Å². The van der Waals surface area contributed by atoms with Gasteiger partial charge >= 0.3 is 6.03 Å². The van der Waals surface area contributed by atoms with E-state index in [1.807, 2.05) is 0 Å². The van der Waals surface area contributed by atoms with Gasteiger partial charge in [-0.15, -0.1) is 11.3 Å². The molecule has 1 aliphatic heterocycles. The molecule has 0 atom stereocenters. The molecule has 5 nitrogen and oxygen atoms in total. The molecule has 1 fully saturated rings. The molecular weight excluding hydrogens is 238 g/mol. The molecule has 0 aliphatic carbocycles. The summed E-state index contributed by atoms with van der Waals surface area (Å²) in [6.07, 6.45) is 1.58. The summed E-state index contributed by atoms with van der Waals surface area (Å²) in [7, 11) is 1.60. The summed E-state index contributed by atoms with van der Waals surface area (Å²) >= 11 is 6.93. The first-order valence-electron chi connectivity index (χ1n) is 4.23. The molecule has 0 radical (unpaired) electrons. The first-order chi connectivity index (χ1) is 7.08. The molecule has 0 saturated carbocycles. The van der Waals surface area contributed by atoms with Crippen molar-refractivity contribution in [2.24, 2.45) is 0 Å². The molecule has 2 rings (SSSR count). The van der Waals surface area contributed by atoms with Gasteiger partial charge in [0, 0.05) is 18.1 Å². The van der Waals surface area contributed by atoms with Crippen LogP contribution in [0.4, 0.5) is 4.79 Å². The van der Waals surface area contributed by atoms with E-state index < -0.39 is 0 Å². The SMILES string of the molecule is CN1CC(=O)N(Cc2cnc(Cl)s2)C1=O. The lowest BCUT2D eigenvalue weighted by molar-refractivity contribution is -0.125. The van der Waals surface area contributed by atoms with E-state index in [-0.39, 0.29) is 25.0 Å². The quantitative estimate of drug-likeness (QED) is 0.736. The third-order valence-electron chi connectivity index (χ3n) is 2.07. The van der Waals surface area contributed by atoms with Crippen molar-refractivity contribution < 1.29 is 9.59 Å². The van der Waals surface area contributed by atoms with Gasteiger partial charge in [-0.25, -0.2) is 9.78 Å². The molecule has 7 heteroatoms. The Morgan fingerprint density at radius 1 is 1.60 bits per heavy atom. The van der Waals surface area contributed by atoms with E-state index in [0.29, 0.717) is 4.47 Å². The molecule has 1 aromatic heterocycles. The predicted octanol–water partition coefficient (Wildman–Crippen LogP) is 1.19. The Hall–Kier alpha value is -1.14. The van der Waals surface area contributed by atoms with Crippen molar-refractivity contribution in [3.8, 4) is 0 Å². The van der Waals surface area contributed by atoms with Crippen molar-refractivity contribution in [1.82, 2.24) is 14.8 Å². The number of urea groups is 1. The number of carbonyl (C=O) groups excluding carboxylic acids is 2. The van der Waals surface area contributed by atoms with Gasteiger partial charge in [-0.3, -0.25) is 9.69 Å². The normalized spacial score (nSPS) is 16.7. The summed E-state index contributed by atoms with van der Waals surface area (Å²) in [6, 6.07) is -0.274.